The van der Waals surface area contributed by atoms with Crippen molar-refractivity contribution in [3.8, 4) is 11.5 Å². The van der Waals surface area contributed by atoms with Crippen LogP contribution in [0.3, 0.4) is 0 Å². The molecule has 6 nitrogen and oxygen atoms in total. The largest absolute Gasteiger partial charge is 0.495 e. The van der Waals surface area contributed by atoms with Crippen molar-refractivity contribution >= 4 is 11.6 Å². The molecule has 0 aliphatic carbocycles. The average Bonchev–Trinajstić information content (AvgIpc) is 3.23. The second-order valence-corrected chi connectivity index (χ2v) is 7.02. The minimum absolute atomic E-state index is 0.252. The summed E-state index contributed by atoms with van der Waals surface area (Å²) in [7, 11) is 3.41. The van der Waals surface area contributed by atoms with Crippen molar-refractivity contribution in [3.05, 3.63) is 54.1 Å². The van der Waals surface area contributed by atoms with Crippen LogP contribution < -0.4 is 25.0 Å². The van der Waals surface area contributed by atoms with Crippen LogP contribution in [0.5, 0.6) is 11.5 Å². The molecule has 0 aromatic heterocycles. The summed E-state index contributed by atoms with van der Waals surface area (Å²) in [4.78, 5) is 6.60. The van der Waals surface area contributed by atoms with Gasteiger partial charge in [-0.25, -0.2) is 8.78 Å². The van der Waals surface area contributed by atoms with Crippen LogP contribution in [-0.2, 0) is 6.54 Å². The van der Waals surface area contributed by atoms with Crippen LogP contribution >= 0.6 is 0 Å². The van der Waals surface area contributed by atoms with Crippen LogP contribution in [0.15, 0.2) is 53.5 Å². The normalized spacial score (nSPS) is 16.6. The van der Waals surface area contributed by atoms with Gasteiger partial charge in [-0.15, -0.1) is 0 Å². The zero-order valence-electron chi connectivity index (χ0n) is 17.3. The topological polar surface area (TPSA) is 58.1 Å². The third-order valence-corrected chi connectivity index (χ3v) is 4.91. The Morgan fingerprint density at radius 3 is 2.83 bits per heavy atom. The molecule has 0 bridgehead atoms. The van der Waals surface area contributed by atoms with E-state index in [-0.39, 0.29) is 6.04 Å². The van der Waals surface area contributed by atoms with Gasteiger partial charge in [-0.2, -0.15) is 0 Å². The molecule has 1 aliphatic heterocycles. The Morgan fingerprint density at radius 2 is 2.07 bits per heavy atom. The van der Waals surface area contributed by atoms with Crippen molar-refractivity contribution in [3.63, 3.8) is 0 Å². The molecule has 3 rings (SSSR count). The van der Waals surface area contributed by atoms with Crippen molar-refractivity contribution in [2.75, 3.05) is 38.8 Å². The average molecular weight is 418 g/mol. The van der Waals surface area contributed by atoms with E-state index in [0.29, 0.717) is 18.3 Å². The van der Waals surface area contributed by atoms with Gasteiger partial charge in [0.05, 0.1) is 12.8 Å². The third-order valence-electron chi connectivity index (χ3n) is 4.91. The van der Waals surface area contributed by atoms with Gasteiger partial charge in [0.15, 0.2) is 5.96 Å². The number of alkyl halides is 2. The minimum atomic E-state index is -2.49. The number of guanidine groups is 1. The van der Waals surface area contributed by atoms with Crippen molar-refractivity contribution in [2.45, 2.75) is 25.4 Å². The van der Waals surface area contributed by atoms with Crippen molar-refractivity contribution in [2.24, 2.45) is 4.99 Å². The summed E-state index contributed by atoms with van der Waals surface area (Å²) in [6.45, 7) is 1.68. The summed E-state index contributed by atoms with van der Waals surface area (Å²) in [6, 6.07) is 15.4. The molecule has 0 spiro atoms. The molecule has 0 radical (unpaired) electrons. The molecule has 1 fully saturated rings. The molecule has 1 aliphatic rings. The van der Waals surface area contributed by atoms with Crippen LogP contribution in [-0.4, -0.2) is 52.3 Å². The van der Waals surface area contributed by atoms with Gasteiger partial charge in [0.2, 0.25) is 0 Å². The Labute approximate surface area is 175 Å². The van der Waals surface area contributed by atoms with Gasteiger partial charge in [-0.3, -0.25) is 4.99 Å². The Bertz CT molecular complexity index is 847. The fourth-order valence-electron chi connectivity index (χ4n) is 3.47. The quantitative estimate of drug-likeness (QED) is 0.509. The molecule has 8 heteroatoms. The molecule has 1 atom stereocenters. The summed E-state index contributed by atoms with van der Waals surface area (Å²) in [5.74, 6) is 2.00. The van der Waals surface area contributed by atoms with E-state index < -0.39 is 13.0 Å². The van der Waals surface area contributed by atoms with Gasteiger partial charge in [0.1, 0.15) is 18.1 Å². The lowest BCUT2D eigenvalue weighted by molar-refractivity contribution is 0.0818. The Hall–Kier alpha value is -3.03. The van der Waals surface area contributed by atoms with Crippen LogP contribution in [0.1, 0.15) is 12.0 Å². The molecule has 1 unspecified atom stereocenters. The number of benzene rings is 2. The van der Waals surface area contributed by atoms with E-state index in [1.807, 2.05) is 24.3 Å². The molecule has 1 heterocycles. The monoisotopic (exact) mass is 418 g/mol. The molecule has 0 amide bonds. The Balaban J connectivity index is 1.51. The van der Waals surface area contributed by atoms with E-state index in [0.717, 1.165) is 36.5 Å². The predicted molar refractivity (Wildman–Crippen MR) is 115 cm³/mol. The summed E-state index contributed by atoms with van der Waals surface area (Å²) in [5.41, 5.74) is 2.01. The summed E-state index contributed by atoms with van der Waals surface area (Å²) >= 11 is 0. The highest BCUT2D eigenvalue weighted by Gasteiger charge is 2.25. The van der Waals surface area contributed by atoms with E-state index in [9.17, 15) is 8.78 Å². The lowest BCUT2D eigenvalue weighted by Gasteiger charge is -2.22. The first-order valence-corrected chi connectivity index (χ1v) is 9.94. The van der Waals surface area contributed by atoms with E-state index in [1.54, 1.807) is 32.4 Å². The SMILES string of the molecule is CN=C(NCc1cccc(OCC(F)F)c1)NC1CCN(c2ccccc2OC)C1. The number of aliphatic imine (C=N–C) groups is 1. The van der Waals surface area contributed by atoms with Crippen LogP contribution in [0.4, 0.5) is 14.5 Å². The fourth-order valence-corrected chi connectivity index (χ4v) is 3.47. The van der Waals surface area contributed by atoms with Crippen LogP contribution in [0.2, 0.25) is 0 Å². The molecule has 162 valence electrons. The molecule has 1 saturated heterocycles. The van der Waals surface area contributed by atoms with Crippen molar-refractivity contribution in [1.29, 1.82) is 0 Å². The lowest BCUT2D eigenvalue weighted by Crippen LogP contribution is -2.44. The fraction of sp³-hybridized carbons (Fsp3) is 0.409. The van der Waals surface area contributed by atoms with Gasteiger partial charge in [-0.1, -0.05) is 24.3 Å². The number of nitrogens with zero attached hydrogens (tertiary/aromatic N) is 2. The first-order chi connectivity index (χ1) is 14.6. The number of ether oxygens (including phenoxy) is 2. The maximum absolute atomic E-state index is 12.3. The van der Waals surface area contributed by atoms with E-state index in [2.05, 4.69) is 26.6 Å². The first-order valence-electron chi connectivity index (χ1n) is 9.94. The molecule has 0 saturated carbocycles. The molecule has 2 aromatic carbocycles. The summed E-state index contributed by atoms with van der Waals surface area (Å²) in [6.07, 6.45) is -1.51. The number of methoxy groups -OCH3 is 1. The summed E-state index contributed by atoms with van der Waals surface area (Å²) < 4.78 is 35.2. The smallest absolute Gasteiger partial charge is 0.272 e. The number of anilines is 1. The molecular formula is C22H28F2N4O2. The van der Waals surface area contributed by atoms with Crippen molar-refractivity contribution in [1.82, 2.24) is 10.6 Å². The van der Waals surface area contributed by atoms with Crippen LogP contribution in [0, 0.1) is 0 Å². The number of para-hydroxylation sites is 2. The molecule has 2 aromatic rings. The summed E-state index contributed by atoms with van der Waals surface area (Å²) in [5, 5.41) is 6.73. The van der Waals surface area contributed by atoms with Gasteiger partial charge < -0.3 is 25.0 Å². The highest BCUT2D eigenvalue weighted by molar-refractivity contribution is 5.80. The molecular weight excluding hydrogens is 390 g/mol. The number of nitrogens with one attached hydrogen (secondary N) is 2. The number of hydrogen-bond acceptors (Lipinski definition) is 4. The second kappa shape index (κ2) is 10.7. The van der Waals surface area contributed by atoms with E-state index >= 15 is 0 Å². The second-order valence-electron chi connectivity index (χ2n) is 7.02. The van der Waals surface area contributed by atoms with Crippen molar-refractivity contribution < 1.29 is 18.3 Å². The Morgan fingerprint density at radius 1 is 1.23 bits per heavy atom. The maximum Gasteiger partial charge on any atom is 0.272 e. The zero-order chi connectivity index (χ0) is 21.3. The standard InChI is InChI=1S/C22H28F2N4O2/c1-25-22(26-13-16-6-5-7-18(12-16)30-15-21(23)24)27-17-10-11-28(14-17)19-8-3-4-9-20(19)29-2/h3-9,12,17,21H,10-11,13-15H2,1-2H3,(H2,25,26,27). The van der Waals surface area contributed by atoms with E-state index in [4.69, 9.17) is 9.47 Å². The highest BCUT2D eigenvalue weighted by atomic mass is 19.3. The minimum Gasteiger partial charge on any atom is -0.495 e. The first kappa shape index (κ1) is 21.7. The number of rotatable bonds is 8. The number of halogens is 2. The molecule has 30 heavy (non-hydrogen) atoms. The predicted octanol–water partition coefficient (Wildman–Crippen LogP) is 3.28. The molecule has 2 N–H and O–H groups in total. The van der Waals surface area contributed by atoms with E-state index in [1.165, 1.54) is 0 Å². The zero-order valence-corrected chi connectivity index (χ0v) is 17.3. The van der Waals surface area contributed by atoms with Gasteiger partial charge in [0.25, 0.3) is 6.43 Å². The third kappa shape index (κ3) is 5.98. The lowest BCUT2D eigenvalue weighted by atomic mass is 10.2. The maximum atomic E-state index is 12.3. The van der Waals surface area contributed by atoms with Crippen LogP contribution in [0.25, 0.3) is 0 Å². The Kier molecular flexibility index (Phi) is 7.70. The van der Waals surface area contributed by atoms with Gasteiger partial charge >= 0.3 is 0 Å². The highest BCUT2D eigenvalue weighted by Crippen LogP contribution is 2.30. The number of hydrogen-bond donors (Lipinski definition) is 2. The van der Waals surface area contributed by atoms with Gasteiger partial charge in [0, 0.05) is 32.7 Å². The van der Waals surface area contributed by atoms with Gasteiger partial charge in [-0.05, 0) is 36.2 Å².